The molecule has 108 valence electrons. The maximum absolute atomic E-state index is 12.0. The maximum Gasteiger partial charge on any atom is 0.222 e. The van der Waals surface area contributed by atoms with Gasteiger partial charge in [0.1, 0.15) is 0 Å². The molecule has 0 spiro atoms. The van der Waals surface area contributed by atoms with Gasteiger partial charge in [0.15, 0.2) is 0 Å². The highest BCUT2D eigenvalue weighted by molar-refractivity contribution is 7.11. The third-order valence-electron chi connectivity index (χ3n) is 3.42. The summed E-state index contributed by atoms with van der Waals surface area (Å²) in [7, 11) is 0. The first-order chi connectivity index (χ1) is 8.65. The number of halogens is 1. The van der Waals surface area contributed by atoms with Crippen LogP contribution in [-0.2, 0) is 11.2 Å². The van der Waals surface area contributed by atoms with E-state index < -0.39 is 0 Å². The summed E-state index contributed by atoms with van der Waals surface area (Å²) in [6, 6.07) is 4.50. The molecular weight excluding hydrogens is 280 g/mol. The van der Waals surface area contributed by atoms with Crippen LogP contribution in [-0.4, -0.2) is 29.9 Å². The van der Waals surface area contributed by atoms with Gasteiger partial charge in [0, 0.05) is 35.3 Å². The molecule has 2 rings (SSSR count). The molecule has 0 radical (unpaired) electrons. The molecule has 1 aromatic rings. The number of rotatable bonds is 4. The molecule has 1 unspecified atom stereocenters. The van der Waals surface area contributed by atoms with Gasteiger partial charge in [-0.15, -0.1) is 23.7 Å². The van der Waals surface area contributed by atoms with Crippen LogP contribution < -0.4 is 5.73 Å². The minimum absolute atomic E-state index is 0. The van der Waals surface area contributed by atoms with E-state index in [0.717, 1.165) is 38.8 Å². The standard InChI is InChI=1S/C14H22N2OS.ClH/c1-11-7-8-13(18-11)5-2-6-14(17)16-9-3-4-12(15)10-16;/h7-8,12H,2-6,9-10,15H2,1H3;1H. The van der Waals surface area contributed by atoms with Crippen molar-refractivity contribution in [2.75, 3.05) is 13.1 Å². The average molecular weight is 303 g/mol. The molecule has 1 aliphatic rings. The zero-order valence-corrected chi connectivity index (χ0v) is 13.1. The summed E-state index contributed by atoms with van der Waals surface area (Å²) in [5.41, 5.74) is 5.89. The highest BCUT2D eigenvalue weighted by atomic mass is 35.5. The lowest BCUT2D eigenvalue weighted by molar-refractivity contribution is -0.132. The smallest absolute Gasteiger partial charge is 0.222 e. The van der Waals surface area contributed by atoms with Crippen molar-refractivity contribution < 1.29 is 4.79 Å². The van der Waals surface area contributed by atoms with Crippen LogP contribution in [0.5, 0.6) is 0 Å². The SMILES string of the molecule is Cc1ccc(CCCC(=O)N2CCCC(N)C2)s1.Cl. The van der Waals surface area contributed by atoms with Gasteiger partial charge >= 0.3 is 0 Å². The number of carbonyl (C=O) groups excluding carboxylic acids is 1. The molecule has 1 amide bonds. The number of hydrogen-bond donors (Lipinski definition) is 1. The molecule has 0 saturated carbocycles. The summed E-state index contributed by atoms with van der Waals surface area (Å²) >= 11 is 1.83. The number of amides is 1. The number of thiophene rings is 1. The van der Waals surface area contributed by atoms with E-state index in [2.05, 4.69) is 19.1 Å². The van der Waals surface area contributed by atoms with Crippen LogP contribution >= 0.6 is 23.7 Å². The number of nitrogens with zero attached hydrogens (tertiary/aromatic N) is 1. The van der Waals surface area contributed by atoms with Crippen molar-refractivity contribution >= 4 is 29.7 Å². The Balaban J connectivity index is 0.00000180. The van der Waals surface area contributed by atoms with Crippen LogP contribution in [0.1, 0.15) is 35.4 Å². The molecule has 1 saturated heterocycles. The fourth-order valence-corrected chi connectivity index (χ4v) is 3.36. The number of likely N-dealkylation sites (tertiary alicyclic amines) is 1. The predicted molar refractivity (Wildman–Crippen MR) is 83.0 cm³/mol. The first-order valence-corrected chi connectivity index (χ1v) is 7.55. The van der Waals surface area contributed by atoms with Crippen molar-refractivity contribution in [2.45, 2.75) is 45.1 Å². The summed E-state index contributed by atoms with van der Waals surface area (Å²) in [5, 5.41) is 0. The largest absolute Gasteiger partial charge is 0.341 e. The van der Waals surface area contributed by atoms with Crippen LogP contribution in [0.4, 0.5) is 0 Å². The Bertz CT molecular complexity index is 408. The van der Waals surface area contributed by atoms with Gasteiger partial charge in [-0.05, 0) is 44.7 Å². The lowest BCUT2D eigenvalue weighted by Gasteiger charge is -2.30. The van der Waals surface area contributed by atoms with E-state index in [1.807, 2.05) is 16.2 Å². The molecule has 1 aromatic heterocycles. The van der Waals surface area contributed by atoms with Crippen LogP contribution in [0.15, 0.2) is 12.1 Å². The summed E-state index contributed by atoms with van der Waals surface area (Å²) in [6.07, 6.45) is 4.73. The van der Waals surface area contributed by atoms with Gasteiger partial charge in [0.05, 0.1) is 0 Å². The van der Waals surface area contributed by atoms with Gasteiger partial charge in [0.2, 0.25) is 5.91 Å². The third kappa shape index (κ3) is 5.13. The Hall–Kier alpha value is -0.580. The van der Waals surface area contributed by atoms with E-state index in [1.165, 1.54) is 9.75 Å². The van der Waals surface area contributed by atoms with Gasteiger partial charge in [-0.25, -0.2) is 0 Å². The van der Waals surface area contributed by atoms with E-state index >= 15 is 0 Å². The normalized spacial score (nSPS) is 19.1. The molecule has 5 heteroatoms. The zero-order valence-electron chi connectivity index (χ0n) is 11.4. The number of nitrogens with two attached hydrogens (primary N) is 1. The highest BCUT2D eigenvalue weighted by Gasteiger charge is 2.20. The molecule has 0 aromatic carbocycles. The Labute approximate surface area is 125 Å². The monoisotopic (exact) mass is 302 g/mol. The predicted octanol–water partition coefficient (Wildman–Crippen LogP) is 2.75. The third-order valence-corrected chi connectivity index (χ3v) is 4.48. The molecule has 2 N–H and O–H groups in total. The van der Waals surface area contributed by atoms with E-state index in [4.69, 9.17) is 5.73 Å². The number of aryl methyl sites for hydroxylation is 2. The van der Waals surface area contributed by atoms with Gasteiger partial charge in [-0.2, -0.15) is 0 Å². The van der Waals surface area contributed by atoms with Crippen molar-refractivity contribution in [1.82, 2.24) is 4.90 Å². The van der Waals surface area contributed by atoms with Crippen LogP contribution in [0.25, 0.3) is 0 Å². The number of carbonyl (C=O) groups is 1. The van der Waals surface area contributed by atoms with Crippen molar-refractivity contribution in [1.29, 1.82) is 0 Å². The Morgan fingerprint density at radius 3 is 2.95 bits per heavy atom. The lowest BCUT2D eigenvalue weighted by Crippen LogP contribution is -2.45. The molecule has 19 heavy (non-hydrogen) atoms. The summed E-state index contributed by atoms with van der Waals surface area (Å²) in [6.45, 7) is 3.76. The molecule has 0 bridgehead atoms. The first-order valence-electron chi connectivity index (χ1n) is 6.74. The van der Waals surface area contributed by atoms with Crippen molar-refractivity contribution in [3.63, 3.8) is 0 Å². The van der Waals surface area contributed by atoms with Crippen molar-refractivity contribution in [2.24, 2.45) is 5.73 Å². The minimum atomic E-state index is 0. The Kier molecular flexibility index (Phi) is 6.83. The number of piperidine rings is 1. The molecule has 1 fully saturated rings. The molecule has 3 nitrogen and oxygen atoms in total. The summed E-state index contributed by atoms with van der Waals surface area (Å²) in [5.74, 6) is 0.276. The Morgan fingerprint density at radius 1 is 1.53 bits per heavy atom. The second kappa shape index (κ2) is 7.88. The topological polar surface area (TPSA) is 46.3 Å². The van der Waals surface area contributed by atoms with Crippen molar-refractivity contribution in [3.8, 4) is 0 Å². The fraction of sp³-hybridized carbons (Fsp3) is 0.643. The molecule has 2 heterocycles. The van der Waals surface area contributed by atoms with Crippen LogP contribution in [0.3, 0.4) is 0 Å². The highest BCUT2D eigenvalue weighted by Crippen LogP contribution is 2.18. The van der Waals surface area contributed by atoms with Crippen molar-refractivity contribution in [3.05, 3.63) is 21.9 Å². The molecular formula is C14H23ClN2OS. The van der Waals surface area contributed by atoms with Crippen LogP contribution in [0.2, 0.25) is 0 Å². The first kappa shape index (κ1) is 16.5. The average Bonchev–Trinajstić information content (AvgIpc) is 2.75. The lowest BCUT2D eigenvalue weighted by atomic mass is 10.1. The summed E-state index contributed by atoms with van der Waals surface area (Å²) < 4.78 is 0. The van der Waals surface area contributed by atoms with E-state index in [1.54, 1.807) is 0 Å². The summed E-state index contributed by atoms with van der Waals surface area (Å²) in [4.78, 5) is 16.7. The van der Waals surface area contributed by atoms with Gasteiger partial charge in [-0.3, -0.25) is 4.79 Å². The number of hydrogen-bond acceptors (Lipinski definition) is 3. The zero-order chi connectivity index (χ0) is 13.0. The van der Waals surface area contributed by atoms with E-state index in [9.17, 15) is 4.79 Å². The van der Waals surface area contributed by atoms with Crippen LogP contribution in [0, 0.1) is 6.92 Å². The van der Waals surface area contributed by atoms with E-state index in [-0.39, 0.29) is 24.4 Å². The molecule has 1 aliphatic heterocycles. The maximum atomic E-state index is 12.0. The van der Waals surface area contributed by atoms with Gasteiger partial charge in [-0.1, -0.05) is 0 Å². The Morgan fingerprint density at radius 2 is 2.32 bits per heavy atom. The van der Waals surface area contributed by atoms with Gasteiger partial charge < -0.3 is 10.6 Å². The van der Waals surface area contributed by atoms with Gasteiger partial charge in [0.25, 0.3) is 0 Å². The second-order valence-corrected chi connectivity index (χ2v) is 6.48. The minimum Gasteiger partial charge on any atom is -0.341 e. The molecule has 0 aliphatic carbocycles. The molecule has 1 atom stereocenters. The fourth-order valence-electron chi connectivity index (χ4n) is 2.43. The second-order valence-electron chi connectivity index (χ2n) is 5.11. The van der Waals surface area contributed by atoms with E-state index in [0.29, 0.717) is 6.42 Å². The quantitative estimate of drug-likeness (QED) is 0.929.